The first-order valence-electron chi connectivity index (χ1n) is 7.35. The summed E-state index contributed by atoms with van der Waals surface area (Å²) < 4.78 is 1.40. The average Bonchev–Trinajstić information content (AvgIpc) is 2.86. The Labute approximate surface area is 148 Å². The van der Waals surface area contributed by atoms with E-state index in [-0.39, 0.29) is 22.7 Å². The molecule has 24 heavy (non-hydrogen) atoms. The standard InChI is InChI=1S/C18H15ClN2O2S/c1-12(22)21-15-10-6-5-9-14(15)17(18(21)19)20-16(23)11-24-13-7-3-2-4-8-13/h2-10H,11H2,1H3,(H,20,23). The lowest BCUT2D eigenvalue weighted by molar-refractivity contribution is -0.113. The first-order valence-corrected chi connectivity index (χ1v) is 8.72. The molecule has 0 atom stereocenters. The maximum absolute atomic E-state index is 12.3. The highest BCUT2D eigenvalue weighted by Crippen LogP contribution is 2.35. The SMILES string of the molecule is CC(=O)n1c(Cl)c(NC(=O)CSc2ccccc2)c2ccccc21. The zero-order chi connectivity index (χ0) is 17.1. The first kappa shape index (κ1) is 16.6. The lowest BCUT2D eigenvalue weighted by atomic mass is 10.2. The Bertz CT molecular complexity index is 906. The number of hydrogen-bond acceptors (Lipinski definition) is 3. The number of amides is 1. The molecule has 0 fully saturated rings. The van der Waals surface area contributed by atoms with Crippen LogP contribution in [0.1, 0.15) is 11.7 Å². The number of halogens is 1. The Morgan fingerprint density at radius 1 is 1.08 bits per heavy atom. The van der Waals surface area contributed by atoms with Crippen molar-refractivity contribution in [2.45, 2.75) is 11.8 Å². The number of thioether (sulfide) groups is 1. The molecule has 0 bridgehead atoms. The summed E-state index contributed by atoms with van der Waals surface area (Å²) in [5, 5.41) is 3.80. The first-order chi connectivity index (χ1) is 11.6. The van der Waals surface area contributed by atoms with Crippen molar-refractivity contribution in [3.63, 3.8) is 0 Å². The van der Waals surface area contributed by atoms with E-state index in [1.54, 1.807) is 6.07 Å². The molecule has 0 spiro atoms. The van der Waals surface area contributed by atoms with Crippen LogP contribution in [0.4, 0.5) is 5.69 Å². The van der Waals surface area contributed by atoms with E-state index in [1.165, 1.54) is 23.3 Å². The molecule has 1 heterocycles. The van der Waals surface area contributed by atoms with E-state index in [2.05, 4.69) is 5.32 Å². The van der Waals surface area contributed by atoms with Crippen LogP contribution in [-0.2, 0) is 4.79 Å². The number of anilines is 1. The lowest BCUT2D eigenvalue weighted by Crippen LogP contribution is -2.14. The fourth-order valence-electron chi connectivity index (χ4n) is 2.48. The molecule has 1 amide bonds. The Morgan fingerprint density at radius 3 is 2.46 bits per heavy atom. The molecule has 0 saturated heterocycles. The molecule has 3 aromatic rings. The van der Waals surface area contributed by atoms with Gasteiger partial charge in [0, 0.05) is 17.2 Å². The molecule has 0 unspecified atom stereocenters. The average molecular weight is 359 g/mol. The Morgan fingerprint density at radius 2 is 1.75 bits per heavy atom. The second-order valence-corrected chi connectivity index (χ2v) is 6.59. The number of rotatable bonds is 4. The minimum atomic E-state index is -0.199. The third kappa shape index (κ3) is 3.32. The van der Waals surface area contributed by atoms with Crippen LogP contribution in [0, 0.1) is 0 Å². The molecule has 0 aliphatic heterocycles. The molecule has 2 aromatic carbocycles. The van der Waals surface area contributed by atoms with E-state index in [0.717, 1.165) is 10.3 Å². The maximum atomic E-state index is 12.3. The normalized spacial score (nSPS) is 10.8. The van der Waals surface area contributed by atoms with E-state index in [9.17, 15) is 9.59 Å². The van der Waals surface area contributed by atoms with Crippen molar-refractivity contribution in [3.05, 3.63) is 59.8 Å². The summed E-state index contributed by atoms with van der Waals surface area (Å²) in [6, 6.07) is 17.0. The second-order valence-electron chi connectivity index (χ2n) is 5.19. The number of para-hydroxylation sites is 1. The van der Waals surface area contributed by atoms with Crippen molar-refractivity contribution in [3.8, 4) is 0 Å². The highest BCUT2D eigenvalue weighted by atomic mass is 35.5. The fraction of sp³-hybridized carbons (Fsp3) is 0.111. The van der Waals surface area contributed by atoms with Gasteiger partial charge in [-0.3, -0.25) is 14.2 Å². The Hall–Kier alpha value is -2.24. The van der Waals surface area contributed by atoms with Crippen molar-refractivity contribution in [2.24, 2.45) is 0 Å². The lowest BCUT2D eigenvalue weighted by Gasteiger charge is -2.05. The van der Waals surface area contributed by atoms with Crippen LogP contribution in [0.2, 0.25) is 5.15 Å². The van der Waals surface area contributed by atoms with Gasteiger partial charge in [0.05, 0.1) is 17.0 Å². The van der Waals surface area contributed by atoms with E-state index in [4.69, 9.17) is 11.6 Å². The predicted octanol–water partition coefficient (Wildman–Crippen LogP) is 4.69. The summed E-state index contributed by atoms with van der Waals surface area (Å²) in [5.41, 5.74) is 1.15. The van der Waals surface area contributed by atoms with Gasteiger partial charge in [-0.1, -0.05) is 48.0 Å². The molecule has 0 radical (unpaired) electrons. The van der Waals surface area contributed by atoms with Crippen molar-refractivity contribution < 1.29 is 9.59 Å². The molecule has 122 valence electrons. The van der Waals surface area contributed by atoms with E-state index in [0.29, 0.717) is 11.2 Å². The van der Waals surface area contributed by atoms with Gasteiger partial charge >= 0.3 is 0 Å². The van der Waals surface area contributed by atoms with Gasteiger partial charge in [-0.25, -0.2) is 0 Å². The third-order valence-corrected chi connectivity index (χ3v) is 4.88. The van der Waals surface area contributed by atoms with Gasteiger partial charge < -0.3 is 5.32 Å². The zero-order valence-corrected chi connectivity index (χ0v) is 14.5. The van der Waals surface area contributed by atoms with Crippen LogP contribution in [0.5, 0.6) is 0 Å². The van der Waals surface area contributed by atoms with Gasteiger partial charge in [0.15, 0.2) is 0 Å². The Kier molecular flexibility index (Phi) is 4.92. The molecule has 1 aromatic heterocycles. The van der Waals surface area contributed by atoms with Gasteiger partial charge in [0.25, 0.3) is 0 Å². The van der Waals surface area contributed by atoms with Gasteiger partial charge in [0.2, 0.25) is 11.8 Å². The van der Waals surface area contributed by atoms with Crippen molar-refractivity contribution >= 4 is 51.8 Å². The van der Waals surface area contributed by atoms with Crippen LogP contribution in [-0.4, -0.2) is 22.1 Å². The molecule has 4 nitrogen and oxygen atoms in total. The molecule has 0 aliphatic rings. The molecule has 0 aliphatic carbocycles. The van der Waals surface area contributed by atoms with Gasteiger partial charge in [0.1, 0.15) is 5.15 Å². The maximum Gasteiger partial charge on any atom is 0.234 e. The summed E-state index contributed by atoms with van der Waals surface area (Å²) in [6.07, 6.45) is 0. The van der Waals surface area contributed by atoms with E-state index < -0.39 is 0 Å². The summed E-state index contributed by atoms with van der Waals surface area (Å²) >= 11 is 7.77. The molecular formula is C18H15ClN2O2S. The number of nitrogens with one attached hydrogen (secondary N) is 1. The monoisotopic (exact) mass is 358 g/mol. The van der Waals surface area contributed by atoms with Crippen molar-refractivity contribution in [1.82, 2.24) is 4.57 Å². The summed E-state index contributed by atoms with van der Waals surface area (Å²) in [4.78, 5) is 25.1. The zero-order valence-electron chi connectivity index (χ0n) is 13.0. The van der Waals surface area contributed by atoms with Crippen molar-refractivity contribution in [2.75, 3.05) is 11.1 Å². The van der Waals surface area contributed by atoms with Crippen LogP contribution < -0.4 is 5.32 Å². The number of carbonyl (C=O) groups excluding carboxylic acids is 2. The second kappa shape index (κ2) is 7.11. The molecule has 3 rings (SSSR count). The van der Waals surface area contributed by atoms with E-state index >= 15 is 0 Å². The number of benzene rings is 2. The summed E-state index contributed by atoms with van der Waals surface area (Å²) in [6.45, 7) is 1.44. The largest absolute Gasteiger partial charge is 0.322 e. The smallest absolute Gasteiger partial charge is 0.234 e. The quantitative estimate of drug-likeness (QED) is 0.688. The minimum absolute atomic E-state index is 0.169. The number of fused-ring (bicyclic) bond motifs is 1. The van der Waals surface area contributed by atoms with Gasteiger partial charge in [-0.05, 0) is 18.2 Å². The number of carbonyl (C=O) groups is 2. The number of hydrogen-bond donors (Lipinski definition) is 1. The van der Waals surface area contributed by atoms with Crippen LogP contribution in [0.3, 0.4) is 0 Å². The molecule has 1 N–H and O–H groups in total. The molecular weight excluding hydrogens is 344 g/mol. The molecule has 6 heteroatoms. The van der Waals surface area contributed by atoms with Crippen LogP contribution >= 0.6 is 23.4 Å². The molecule has 0 saturated carbocycles. The highest BCUT2D eigenvalue weighted by molar-refractivity contribution is 8.00. The summed E-state index contributed by atoms with van der Waals surface area (Å²) in [5.74, 6) is -0.104. The van der Waals surface area contributed by atoms with Crippen molar-refractivity contribution in [1.29, 1.82) is 0 Å². The van der Waals surface area contributed by atoms with Gasteiger partial charge in [-0.2, -0.15) is 0 Å². The highest BCUT2D eigenvalue weighted by Gasteiger charge is 2.19. The van der Waals surface area contributed by atoms with Crippen LogP contribution in [0.25, 0.3) is 10.9 Å². The minimum Gasteiger partial charge on any atom is -0.322 e. The predicted molar refractivity (Wildman–Crippen MR) is 99.0 cm³/mol. The van der Waals surface area contributed by atoms with E-state index in [1.807, 2.05) is 48.5 Å². The Balaban J connectivity index is 1.83. The fourth-order valence-corrected chi connectivity index (χ4v) is 3.56. The van der Waals surface area contributed by atoms with Crippen LogP contribution in [0.15, 0.2) is 59.5 Å². The third-order valence-electron chi connectivity index (χ3n) is 3.51. The number of aromatic nitrogens is 1. The topological polar surface area (TPSA) is 51.1 Å². The summed E-state index contributed by atoms with van der Waals surface area (Å²) in [7, 11) is 0. The van der Waals surface area contributed by atoms with Gasteiger partial charge in [-0.15, -0.1) is 11.8 Å². The number of nitrogens with zero attached hydrogens (tertiary/aromatic N) is 1.